The normalized spacial score (nSPS) is 22.1. The van der Waals surface area contributed by atoms with Gasteiger partial charge in [-0.25, -0.2) is 0 Å². The summed E-state index contributed by atoms with van der Waals surface area (Å²) < 4.78 is 0. The van der Waals surface area contributed by atoms with E-state index in [1.165, 1.54) is 12.0 Å². The molecule has 2 heteroatoms. The Bertz CT molecular complexity index is 350. The van der Waals surface area contributed by atoms with Crippen molar-refractivity contribution in [2.24, 2.45) is 5.92 Å². The van der Waals surface area contributed by atoms with Crippen LogP contribution in [0.15, 0.2) is 24.3 Å². The Balaban J connectivity index is 1.82. The molecule has 0 radical (unpaired) electrons. The van der Waals surface area contributed by atoms with Crippen LogP contribution in [0.1, 0.15) is 30.9 Å². The molecule has 0 amide bonds. The summed E-state index contributed by atoms with van der Waals surface area (Å²) in [5.74, 6) is 1.43. The number of fused-ring (bicyclic) bond motifs is 1. The molecule has 1 aliphatic rings. The highest BCUT2D eigenvalue weighted by Gasteiger charge is 2.25. The van der Waals surface area contributed by atoms with Gasteiger partial charge in [-0.3, -0.25) is 0 Å². The molecular formula is C14H20BrN. The van der Waals surface area contributed by atoms with Crippen LogP contribution in [0.4, 0.5) is 0 Å². The van der Waals surface area contributed by atoms with Crippen molar-refractivity contribution in [1.29, 1.82) is 0 Å². The van der Waals surface area contributed by atoms with Crippen LogP contribution in [0.2, 0.25) is 0 Å². The van der Waals surface area contributed by atoms with Gasteiger partial charge >= 0.3 is 0 Å². The van der Waals surface area contributed by atoms with Crippen LogP contribution < -0.4 is 5.32 Å². The van der Waals surface area contributed by atoms with E-state index in [2.05, 4.69) is 59.4 Å². The molecule has 0 heterocycles. The zero-order valence-corrected chi connectivity index (χ0v) is 11.6. The van der Waals surface area contributed by atoms with E-state index in [-0.39, 0.29) is 0 Å². The van der Waals surface area contributed by atoms with Crippen LogP contribution >= 0.6 is 15.9 Å². The lowest BCUT2D eigenvalue weighted by Crippen LogP contribution is -2.38. The molecule has 3 atom stereocenters. The second kappa shape index (κ2) is 5.33. The van der Waals surface area contributed by atoms with Crippen molar-refractivity contribution in [2.75, 3.05) is 11.9 Å². The molecule has 3 unspecified atom stereocenters. The molecule has 1 N–H and O–H groups in total. The van der Waals surface area contributed by atoms with Crippen molar-refractivity contribution in [3.63, 3.8) is 0 Å². The van der Waals surface area contributed by atoms with Crippen LogP contribution in [-0.4, -0.2) is 17.9 Å². The maximum atomic E-state index is 3.65. The molecule has 0 fully saturated rings. The van der Waals surface area contributed by atoms with Gasteiger partial charge in [-0.2, -0.15) is 0 Å². The summed E-state index contributed by atoms with van der Waals surface area (Å²) in [5, 5.41) is 4.72. The smallest absolute Gasteiger partial charge is 0.00725 e. The SMILES string of the molecule is CC(CBr)C(C)NCC1Cc2ccccc21. The maximum absolute atomic E-state index is 3.65. The van der Waals surface area contributed by atoms with E-state index in [0.29, 0.717) is 12.0 Å². The van der Waals surface area contributed by atoms with Gasteiger partial charge in [-0.05, 0) is 30.4 Å². The van der Waals surface area contributed by atoms with E-state index in [1.807, 2.05) is 0 Å². The second-order valence-electron chi connectivity index (χ2n) is 4.93. The van der Waals surface area contributed by atoms with Gasteiger partial charge in [-0.15, -0.1) is 0 Å². The van der Waals surface area contributed by atoms with Gasteiger partial charge in [0.2, 0.25) is 0 Å². The zero-order valence-electron chi connectivity index (χ0n) is 10.0. The zero-order chi connectivity index (χ0) is 11.5. The second-order valence-corrected chi connectivity index (χ2v) is 5.58. The third kappa shape index (κ3) is 2.49. The molecule has 88 valence electrons. The number of alkyl halides is 1. The van der Waals surface area contributed by atoms with Gasteiger partial charge in [0, 0.05) is 23.8 Å². The van der Waals surface area contributed by atoms with Gasteiger partial charge in [0.1, 0.15) is 0 Å². The Morgan fingerprint density at radius 3 is 2.81 bits per heavy atom. The fraction of sp³-hybridized carbons (Fsp3) is 0.571. The fourth-order valence-electron chi connectivity index (χ4n) is 2.21. The summed E-state index contributed by atoms with van der Waals surface area (Å²) >= 11 is 3.54. The van der Waals surface area contributed by atoms with Crippen LogP contribution in [0, 0.1) is 5.92 Å². The third-order valence-corrected chi connectivity index (χ3v) is 4.77. The van der Waals surface area contributed by atoms with Crippen molar-refractivity contribution >= 4 is 15.9 Å². The first-order valence-electron chi connectivity index (χ1n) is 6.09. The number of nitrogens with one attached hydrogen (secondary N) is 1. The highest BCUT2D eigenvalue weighted by molar-refractivity contribution is 9.09. The molecule has 0 saturated heterocycles. The van der Waals surface area contributed by atoms with E-state index in [0.717, 1.165) is 17.8 Å². The van der Waals surface area contributed by atoms with Gasteiger partial charge in [0.25, 0.3) is 0 Å². The topological polar surface area (TPSA) is 12.0 Å². The molecule has 1 aromatic rings. The van der Waals surface area contributed by atoms with E-state index >= 15 is 0 Å². The van der Waals surface area contributed by atoms with E-state index < -0.39 is 0 Å². The standard InChI is InChI=1S/C14H20BrN/c1-10(8-15)11(2)16-9-13-7-12-5-3-4-6-14(12)13/h3-6,10-11,13,16H,7-9H2,1-2H3. The minimum Gasteiger partial charge on any atom is -0.313 e. The summed E-state index contributed by atoms with van der Waals surface area (Å²) in [6.45, 7) is 5.67. The number of halogens is 1. The summed E-state index contributed by atoms with van der Waals surface area (Å²) in [4.78, 5) is 0. The first-order valence-corrected chi connectivity index (χ1v) is 7.21. The first kappa shape index (κ1) is 12.1. The number of benzene rings is 1. The predicted molar refractivity (Wildman–Crippen MR) is 73.3 cm³/mol. The quantitative estimate of drug-likeness (QED) is 0.817. The van der Waals surface area contributed by atoms with Gasteiger partial charge in [0.05, 0.1) is 0 Å². The minimum absolute atomic E-state index is 0.590. The molecule has 1 nitrogen and oxygen atoms in total. The molecule has 0 spiro atoms. The van der Waals surface area contributed by atoms with E-state index in [4.69, 9.17) is 0 Å². The van der Waals surface area contributed by atoms with Crippen LogP contribution in [0.5, 0.6) is 0 Å². The summed E-state index contributed by atoms with van der Waals surface area (Å²) in [6, 6.07) is 9.39. The minimum atomic E-state index is 0.590. The Kier molecular flexibility index (Phi) is 4.04. The fourth-order valence-corrected chi connectivity index (χ4v) is 2.77. The molecule has 16 heavy (non-hydrogen) atoms. The van der Waals surface area contributed by atoms with Crippen molar-refractivity contribution in [1.82, 2.24) is 5.32 Å². The summed E-state index contributed by atoms with van der Waals surface area (Å²) in [5.41, 5.74) is 3.09. The monoisotopic (exact) mass is 281 g/mol. The average Bonchev–Trinajstić information content (AvgIpc) is 2.29. The molecule has 0 aromatic heterocycles. The van der Waals surface area contributed by atoms with E-state index in [1.54, 1.807) is 5.56 Å². The van der Waals surface area contributed by atoms with E-state index in [9.17, 15) is 0 Å². The van der Waals surface area contributed by atoms with Crippen molar-refractivity contribution in [2.45, 2.75) is 32.2 Å². The summed E-state index contributed by atoms with van der Waals surface area (Å²) in [6.07, 6.45) is 1.25. The van der Waals surface area contributed by atoms with Crippen molar-refractivity contribution < 1.29 is 0 Å². The van der Waals surface area contributed by atoms with Crippen LogP contribution in [-0.2, 0) is 6.42 Å². The molecule has 0 saturated carbocycles. The van der Waals surface area contributed by atoms with Crippen LogP contribution in [0.3, 0.4) is 0 Å². The Morgan fingerprint density at radius 1 is 1.38 bits per heavy atom. The molecule has 1 aromatic carbocycles. The third-order valence-electron chi connectivity index (χ3n) is 3.74. The predicted octanol–water partition coefficient (Wildman–Crippen LogP) is 3.34. The molecule has 1 aliphatic carbocycles. The number of hydrogen-bond acceptors (Lipinski definition) is 1. The maximum Gasteiger partial charge on any atom is 0.00725 e. The largest absolute Gasteiger partial charge is 0.313 e. The number of rotatable bonds is 5. The molecule has 0 aliphatic heterocycles. The lowest BCUT2D eigenvalue weighted by Gasteiger charge is -2.32. The lowest BCUT2D eigenvalue weighted by molar-refractivity contribution is 0.406. The van der Waals surface area contributed by atoms with Crippen LogP contribution in [0.25, 0.3) is 0 Å². The Morgan fingerprint density at radius 2 is 2.12 bits per heavy atom. The Labute approximate surface area is 107 Å². The molecule has 0 bridgehead atoms. The number of hydrogen-bond donors (Lipinski definition) is 1. The highest BCUT2D eigenvalue weighted by Crippen LogP contribution is 2.34. The van der Waals surface area contributed by atoms with Crippen molar-refractivity contribution in [3.05, 3.63) is 35.4 Å². The average molecular weight is 282 g/mol. The van der Waals surface area contributed by atoms with Gasteiger partial charge in [-0.1, -0.05) is 47.1 Å². The first-order chi connectivity index (χ1) is 7.72. The summed E-state index contributed by atoms with van der Waals surface area (Å²) in [7, 11) is 0. The highest BCUT2D eigenvalue weighted by atomic mass is 79.9. The van der Waals surface area contributed by atoms with Gasteiger partial charge < -0.3 is 5.32 Å². The van der Waals surface area contributed by atoms with Crippen molar-refractivity contribution in [3.8, 4) is 0 Å². The molecule has 2 rings (SSSR count). The Hall–Kier alpha value is -0.340. The van der Waals surface area contributed by atoms with Gasteiger partial charge in [0.15, 0.2) is 0 Å². The lowest BCUT2D eigenvalue weighted by atomic mass is 9.77. The molecular weight excluding hydrogens is 262 g/mol.